The zero-order valence-electron chi connectivity index (χ0n) is 15.8. The molecule has 0 heterocycles. The third-order valence-corrected chi connectivity index (χ3v) is 4.55. The molecule has 0 bridgehead atoms. The smallest absolute Gasteiger partial charge is 0.591 e. The van der Waals surface area contributed by atoms with Gasteiger partial charge in [0, 0.05) is 0 Å². The standard InChI is InChI=1S/C22H25NO2.Li/c1-22(2)14-13-20(18(16-22)15-17-9-5-3-6-10-17)25-21(24)23-19-11-7-4-8-12-19;/h3-12,15,20H,13-14,16H2,1-2H3,(H,23,24);/q;+1/p-1/b18-15+;. The molecule has 130 valence electrons. The molecule has 26 heavy (non-hydrogen) atoms. The molecule has 0 saturated heterocycles. The van der Waals surface area contributed by atoms with Gasteiger partial charge in [0.05, 0.1) is 0 Å². The topological polar surface area (TPSA) is 40.4 Å². The average molecular weight is 341 g/mol. The molecule has 0 aliphatic heterocycles. The molecule has 0 radical (unpaired) electrons. The van der Waals surface area contributed by atoms with Crippen LogP contribution in [0.4, 0.5) is 10.5 Å². The van der Waals surface area contributed by atoms with Gasteiger partial charge in [-0.2, -0.15) is 0 Å². The van der Waals surface area contributed by atoms with E-state index in [4.69, 9.17) is 4.74 Å². The molecule has 1 aliphatic rings. The number of hydrogen-bond acceptors (Lipinski definition) is 2. The molecule has 2 aromatic rings. The second-order valence-electron chi connectivity index (χ2n) is 7.33. The molecular formula is C22H24LiNO2. The number of hydrogen-bond donors (Lipinski definition) is 0. The SMILES string of the molecule is CC1(C)CCC(OC(=O)[N-]c2ccccc2)/C(=C/c2ccccc2)C1.[Li+]. The fourth-order valence-electron chi connectivity index (χ4n) is 3.26. The number of benzene rings is 2. The van der Waals surface area contributed by atoms with Gasteiger partial charge in [-0.25, -0.2) is 0 Å². The number of para-hydroxylation sites is 1. The van der Waals surface area contributed by atoms with E-state index in [2.05, 4.69) is 37.4 Å². The molecule has 4 heteroatoms. The maximum absolute atomic E-state index is 12.2. The minimum absolute atomic E-state index is 0. The Balaban J connectivity index is 0.00000243. The van der Waals surface area contributed by atoms with E-state index in [0.29, 0.717) is 5.69 Å². The van der Waals surface area contributed by atoms with E-state index in [-0.39, 0.29) is 30.4 Å². The minimum atomic E-state index is -0.519. The average Bonchev–Trinajstić information content (AvgIpc) is 2.59. The first-order valence-electron chi connectivity index (χ1n) is 8.75. The van der Waals surface area contributed by atoms with Crippen LogP contribution in [-0.4, -0.2) is 12.2 Å². The first-order valence-corrected chi connectivity index (χ1v) is 8.75. The maximum atomic E-state index is 12.2. The molecule has 1 unspecified atom stereocenters. The van der Waals surface area contributed by atoms with Crippen molar-refractivity contribution in [2.24, 2.45) is 5.41 Å². The zero-order chi connectivity index (χ0) is 17.7. The summed E-state index contributed by atoms with van der Waals surface area (Å²) in [6.45, 7) is 4.52. The zero-order valence-corrected chi connectivity index (χ0v) is 15.8. The van der Waals surface area contributed by atoms with Crippen molar-refractivity contribution in [2.45, 2.75) is 39.2 Å². The van der Waals surface area contributed by atoms with Crippen LogP contribution in [0, 0.1) is 5.41 Å². The number of carbonyl (C=O) groups excluding carboxylic acids is 1. The van der Waals surface area contributed by atoms with E-state index in [0.717, 1.165) is 24.8 Å². The Kier molecular flexibility index (Phi) is 7.14. The van der Waals surface area contributed by atoms with Crippen molar-refractivity contribution in [1.82, 2.24) is 0 Å². The summed E-state index contributed by atoms with van der Waals surface area (Å²) in [5, 5.41) is 4.04. The summed E-state index contributed by atoms with van der Waals surface area (Å²) in [5.74, 6) is 0. The molecule has 2 aromatic carbocycles. The molecule has 1 atom stereocenters. The summed E-state index contributed by atoms with van der Waals surface area (Å²) >= 11 is 0. The third kappa shape index (κ3) is 5.80. The maximum Gasteiger partial charge on any atom is 1.00 e. The van der Waals surface area contributed by atoms with Crippen LogP contribution in [-0.2, 0) is 4.74 Å². The van der Waals surface area contributed by atoms with E-state index in [9.17, 15) is 4.79 Å². The molecule has 1 aliphatic carbocycles. The van der Waals surface area contributed by atoms with Crippen molar-refractivity contribution in [2.75, 3.05) is 0 Å². The van der Waals surface area contributed by atoms with E-state index in [1.807, 2.05) is 36.4 Å². The third-order valence-electron chi connectivity index (χ3n) is 4.55. The molecular weight excluding hydrogens is 317 g/mol. The van der Waals surface area contributed by atoms with E-state index in [1.165, 1.54) is 5.57 Å². The summed E-state index contributed by atoms with van der Waals surface area (Å²) < 4.78 is 5.70. The summed E-state index contributed by atoms with van der Waals surface area (Å²) in [6.07, 6.45) is 4.22. The summed E-state index contributed by atoms with van der Waals surface area (Å²) in [4.78, 5) is 12.2. The van der Waals surface area contributed by atoms with E-state index in [1.54, 1.807) is 12.1 Å². The van der Waals surface area contributed by atoms with Gasteiger partial charge >= 0.3 is 18.9 Å². The summed E-state index contributed by atoms with van der Waals surface area (Å²) in [6, 6.07) is 19.4. The number of carbonyl (C=O) groups is 1. The predicted molar refractivity (Wildman–Crippen MR) is 102 cm³/mol. The Bertz CT molecular complexity index is 741. The van der Waals surface area contributed by atoms with Crippen molar-refractivity contribution in [1.29, 1.82) is 0 Å². The summed E-state index contributed by atoms with van der Waals surface area (Å²) in [5.41, 5.74) is 3.15. The fraction of sp³-hybridized carbons (Fsp3) is 0.318. The second-order valence-corrected chi connectivity index (χ2v) is 7.33. The normalized spacial score (nSPS) is 20.1. The Morgan fingerprint density at radius 1 is 1.08 bits per heavy atom. The van der Waals surface area contributed by atoms with Gasteiger partial charge in [-0.15, -0.1) is 5.69 Å². The first-order chi connectivity index (χ1) is 12.0. The van der Waals surface area contributed by atoms with Crippen molar-refractivity contribution < 1.29 is 28.4 Å². The van der Waals surface area contributed by atoms with Crippen molar-refractivity contribution in [3.8, 4) is 0 Å². The van der Waals surface area contributed by atoms with Gasteiger partial charge in [0.25, 0.3) is 0 Å². The van der Waals surface area contributed by atoms with E-state index >= 15 is 0 Å². The monoisotopic (exact) mass is 341 g/mol. The van der Waals surface area contributed by atoms with Crippen LogP contribution in [0.2, 0.25) is 0 Å². The number of rotatable bonds is 3. The largest absolute Gasteiger partial charge is 1.00 e. The Morgan fingerprint density at radius 3 is 2.35 bits per heavy atom. The van der Waals surface area contributed by atoms with Crippen LogP contribution < -0.4 is 18.9 Å². The van der Waals surface area contributed by atoms with Gasteiger partial charge in [0.1, 0.15) is 6.10 Å². The molecule has 1 fully saturated rings. The van der Waals surface area contributed by atoms with Crippen LogP contribution >= 0.6 is 0 Å². The fourth-order valence-corrected chi connectivity index (χ4v) is 3.26. The first kappa shape index (κ1) is 20.4. The number of amides is 1. The van der Waals surface area contributed by atoms with Gasteiger partial charge in [-0.1, -0.05) is 80.6 Å². The number of ether oxygens (including phenoxy) is 1. The van der Waals surface area contributed by atoms with Gasteiger partial charge in [0.15, 0.2) is 0 Å². The van der Waals surface area contributed by atoms with Crippen LogP contribution in [0.5, 0.6) is 0 Å². The Hall–Kier alpha value is -1.95. The summed E-state index contributed by atoms with van der Waals surface area (Å²) in [7, 11) is 0. The van der Waals surface area contributed by atoms with Gasteiger partial charge < -0.3 is 10.1 Å². The Labute approximate surface area is 168 Å². The second kappa shape index (κ2) is 9.12. The minimum Gasteiger partial charge on any atom is -0.591 e. The van der Waals surface area contributed by atoms with Gasteiger partial charge in [0.2, 0.25) is 6.09 Å². The molecule has 1 saturated carbocycles. The molecule has 0 aromatic heterocycles. The molecule has 0 N–H and O–H groups in total. The van der Waals surface area contributed by atoms with Crippen LogP contribution in [0.25, 0.3) is 11.4 Å². The van der Waals surface area contributed by atoms with Gasteiger partial charge in [-0.3, -0.25) is 4.79 Å². The van der Waals surface area contributed by atoms with Crippen molar-refractivity contribution in [3.63, 3.8) is 0 Å². The molecule has 3 nitrogen and oxygen atoms in total. The predicted octanol–water partition coefficient (Wildman–Crippen LogP) is 3.49. The van der Waals surface area contributed by atoms with Crippen molar-refractivity contribution >= 4 is 17.9 Å². The van der Waals surface area contributed by atoms with Crippen LogP contribution in [0.15, 0.2) is 66.2 Å². The number of nitrogens with zero attached hydrogens (tertiary/aromatic N) is 1. The van der Waals surface area contributed by atoms with Gasteiger partial charge in [-0.05, 0) is 35.8 Å². The van der Waals surface area contributed by atoms with Crippen molar-refractivity contribution in [3.05, 3.63) is 77.1 Å². The molecule has 3 rings (SSSR count). The van der Waals surface area contributed by atoms with Crippen LogP contribution in [0.1, 0.15) is 38.7 Å². The van der Waals surface area contributed by atoms with E-state index < -0.39 is 6.09 Å². The molecule has 1 amide bonds. The Morgan fingerprint density at radius 2 is 1.69 bits per heavy atom. The molecule has 0 spiro atoms. The van der Waals surface area contributed by atoms with Crippen LogP contribution in [0.3, 0.4) is 0 Å². The quantitative estimate of drug-likeness (QED) is 0.802.